The van der Waals surface area contributed by atoms with Crippen LogP contribution in [0.25, 0.3) is 21.2 Å². The Bertz CT molecular complexity index is 1880. The smallest absolute Gasteiger partial charge is 0.298 e. The predicted octanol–water partition coefficient (Wildman–Crippen LogP) is 7.12. The number of rotatable bonds is 9. The fraction of sp³-hybridized carbons (Fsp3) is 0.417. The second kappa shape index (κ2) is 12.6. The van der Waals surface area contributed by atoms with Gasteiger partial charge >= 0.3 is 0 Å². The number of nitrogens with two attached hydrogens (primary N) is 1. The van der Waals surface area contributed by atoms with Crippen molar-refractivity contribution in [3.63, 3.8) is 0 Å². The molecule has 1 aliphatic carbocycles. The van der Waals surface area contributed by atoms with Crippen LogP contribution >= 0.6 is 11.3 Å². The molecule has 1 aromatic heterocycles. The maximum atomic E-state index is 16.6. The average Bonchev–Trinajstić information content (AvgIpc) is 3.79. The summed E-state index contributed by atoms with van der Waals surface area (Å²) in [6.07, 6.45) is 6.78. The van der Waals surface area contributed by atoms with Gasteiger partial charge in [0.15, 0.2) is 6.04 Å². The zero-order valence-corrected chi connectivity index (χ0v) is 27.8. The standard InChI is InChI=1S/C36H39F2N3O4S2/c1-22-6-17-33(46-22)23-7-11-26(12-8-23)36(37,38)34(35(42)41-28-13-14-29(41)21-27(39)20-28)40-47(43,44)32-16-10-24-18-31(15-9-25(24)19-32)45-30-4-2-3-5-30/h6-12,15-19,27-30,34,40H,2-5,13-14,20-21,39H2,1H3/t27?,28?,29?,34-/m1/s1. The van der Waals surface area contributed by atoms with E-state index in [2.05, 4.69) is 4.72 Å². The maximum absolute atomic E-state index is 16.6. The molecular formula is C36H39F2N3O4S2. The summed E-state index contributed by atoms with van der Waals surface area (Å²) >= 11 is 1.55. The Morgan fingerprint density at radius 1 is 0.936 bits per heavy atom. The van der Waals surface area contributed by atoms with Gasteiger partial charge in [-0.2, -0.15) is 13.5 Å². The van der Waals surface area contributed by atoms with Crippen LogP contribution < -0.4 is 15.2 Å². The number of sulfonamides is 1. The molecule has 2 aliphatic heterocycles. The van der Waals surface area contributed by atoms with Gasteiger partial charge in [0.2, 0.25) is 15.9 Å². The van der Waals surface area contributed by atoms with Gasteiger partial charge in [-0.3, -0.25) is 4.79 Å². The quantitative estimate of drug-likeness (QED) is 0.196. The summed E-state index contributed by atoms with van der Waals surface area (Å²) in [6, 6.07) is 16.4. The SMILES string of the molecule is Cc1ccc(-c2ccc(C(F)(F)[C@H](NS(=O)(=O)c3ccc4cc(OC5CCCC5)ccc4c3)C(=O)N3C4CCC3CC(N)C4)cc2)s1. The van der Waals surface area contributed by atoms with Crippen molar-refractivity contribution in [1.82, 2.24) is 9.62 Å². The van der Waals surface area contributed by atoms with Gasteiger partial charge in [0.1, 0.15) is 5.75 Å². The number of hydrogen-bond donors (Lipinski definition) is 2. The molecule has 0 spiro atoms. The van der Waals surface area contributed by atoms with Crippen molar-refractivity contribution in [2.24, 2.45) is 5.73 Å². The predicted molar refractivity (Wildman–Crippen MR) is 180 cm³/mol. The third-order valence-electron chi connectivity index (χ3n) is 9.90. The normalized spacial score (nSPS) is 22.6. The molecule has 4 aromatic rings. The van der Waals surface area contributed by atoms with Crippen LogP contribution in [0.1, 0.15) is 61.8 Å². The molecule has 3 atom stereocenters. The number of nitrogens with zero attached hydrogens (tertiary/aromatic N) is 1. The van der Waals surface area contributed by atoms with Crippen LogP contribution in [0.15, 0.2) is 77.7 Å². The molecule has 7 rings (SSSR count). The Morgan fingerprint density at radius 3 is 2.26 bits per heavy atom. The molecule has 3 heterocycles. The number of nitrogens with one attached hydrogen (secondary N) is 1. The molecular weight excluding hydrogens is 641 g/mol. The first-order valence-electron chi connectivity index (χ1n) is 16.3. The lowest BCUT2D eigenvalue weighted by Gasteiger charge is -2.41. The summed E-state index contributed by atoms with van der Waals surface area (Å²) in [7, 11) is -4.56. The summed E-state index contributed by atoms with van der Waals surface area (Å²) < 4.78 is 69.2. The van der Waals surface area contributed by atoms with E-state index in [9.17, 15) is 13.2 Å². The summed E-state index contributed by atoms with van der Waals surface area (Å²) in [4.78, 5) is 17.4. The Morgan fingerprint density at radius 2 is 1.60 bits per heavy atom. The van der Waals surface area contributed by atoms with E-state index in [4.69, 9.17) is 10.5 Å². The molecule has 1 amide bonds. The minimum atomic E-state index is -4.56. The number of amides is 1. The van der Waals surface area contributed by atoms with Crippen molar-refractivity contribution in [2.45, 2.75) is 99.4 Å². The zero-order chi connectivity index (χ0) is 32.9. The van der Waals surface area contributed by atoms with Gasteiger partial charge in [-0.05, 0) is 111 Å². The van der Waals surface area contributed by atoms with Crippen LogP contribution in [-0.4, -0.2) is 49.5 Å². The van der Waals surface area contributed by atoms with Gasteiger partial charge in [-0.25, -0.2) is 8.42 Å². The summed E-state index contributed by atoms with van der Waals surface area (Å²) in [5.41, 5.74) is 6.53. The lowest BCUT2D eigenvalue weighted by molar-refractivity contribution is -0.149. The van der Waals surface area contributed by atoms with Crippen LogP contribution in [0.3, 0.4) is 0 Å². The lowest BCUT2D eigenvalue weighted by Crippen LogP contribution is -2.60. The summed E-state index contributed by atoms with van der Waals surface area (Å²) in [6.45, 7) is 1.97. The molecule has 1 saturated carbocycles. The van der Waals surface area contributed by atoms with E-state index in [1.807, 2.05) is 25.1 Å². The zero-order valence-electron chi connectivity index (χ0n) is 26.2. The highest BCUT2D eigenvalue weighted by Gasteiger charge is 2.53. The Kier molecular flexibility index (Phi) is 8.61. The van der Waals surface area contributed by atoms with Crippen molar-refractivity contribution < 1.29 is 26.7 Å². The highest BCUT2D eigenvalue weighted by Crippen LogP contribution is 2.41. The van der Waals surface area contributed by atoms with E-state index in [0.29, 0.717) is 36.8 Å². The van der Waals surface area contributed by atoms with E-state index in [-0.39, 0.29) is 29.1 Å². The van der Waals surface area contributed by atoms with Crippen molar-refractivity contribution in [1.29, 1.82) is 0 Å². The first-order chi connectivity index (χ1) is 22.5. The number of carbonyl (C=O) groups is 1. The number of hydrogen-bond acceptors (Lipinski definition) is 6. The molecule has 3 N–H and O–H groups in total. The number of benzene rings is 3. The molecule has 248 valence electrons. The van der Waals surface area contributed by atoms with Gasteiger partial charge in [0.25, 0.3) is 5.92 Å². The fourth-order valence-corrected chi connectivity index (χ4v) is 9.58. The van der Waals surface area contributed by atoms with Gasteiger partial charge in [-0.1, -0.05) is 36.4 Å². The molecule has 3 fully saturated rings. The number of carbonyl (C=O) groups excluding carboxylic acids is 1. The Hall–Kier alpha value is -3.38. The molecule has 47 heavy (non-hydrogen) atoms. The van der Waals surface area contributed by atoms with Crippen LogP contribution in [-0.2, 0) is 20.7 Å². The largest absolute Gasteiger partial charge is 0.490 e. The molecule has 2 saturated heterocycles. The number of ether oxygens (including phenoxy) is 1. The van der Waals surface area contributed by atoms with E-state index < -0.39 is 33.5 Å². The van der Waals surface area contributed by atoms with Gasteiger partial charge < -0.3 is 15.4 Å². The molecule has 3 aliphatic rings. The number of alkyl halides is 2. The minimum absolute atomic E-state index is 0.123. The van der Waals surface area contributed by atoms with E-state index >= 15 is 8.78 Å². The van der Waals surface area contributed by atoms with Crippen LogP contribution in [0.4, 0.5) is 8.78 Å². The number of aryl methyl sites for hydroxylation is 1. The second-order valence-electron chi connectivity index (χ2n) is 13.2. The van der Waals surface area contributed by atoms with E-state index in [1.54, 1.807) is 41.7 Å². The number of piperidine rings is 1. The summed E-state index contributed by atoms with van der Waals surface area (Å²) in [5, 5.41) is 1.38. The molecule has 0 radical (unpaired) electrons. The third kappa shape index (κ3) is 6.42. The van der Waals surface area contributed by atoms with E-state index in [0.717, 1.165) is 46.4 Å². The average molecular weight is 680 g/mol. The number of halogens is 2. The van der Waals surface area contributed by atoms with Crippen LogP contribution in [0.5, 0.6) is 5.75 Å². The van der Waals surface area contributed by atoms with Gasteiger partial charge in [0.05, 0.1) is 11.0 Å². The number of thiophene rings is 1. The van der Waals surface area contributed by atoms with Crippen molar-refractivity contribution in [3.8, 4) is 16.2 Å². The maximum Gasteiger partial charge on any atom is 0.298 e. The lowest BCUT2D eigenvalue weighted by atomic mass is 9.94. The Labute approximate surface area is 278 Å². The van der Waals surface area contributed by atoms with E-state index in [1.165, 1.54) is 29.2 Å². The Balaban J connectivity index is 1.20. The van der Waals surface area contributed by atoms with Crippen LogP contribution in [0.2, 0.25) is 0 Å². The second-order valence-corrected chi connectivity index (χ2v) is 16.2. The summed E-state index contributed by atoms with van der Waals surface area (Å²) in [5.74, 6) is -4.07. The van der Waals surface area contributed by atoms with Crippen molar-refractivity contribution in [3.05, 3.63) is 83.2 Å². The first kappa shape index (κ1) is 32.2. The van der Waals surface area contributed by atoms with Crippen molar-refractivity contribution in [2.75, 3.05) is 0 Å². The molecule has 3 aromatic carbocycles. The van der Waals surface area contributed by atoms with Crippen LogP contribution in [0, 0.1) is 6.92 Å². The molecule has 2 unspecified atom stereocenters. The molecule has 7 nitrogen and oxygen atoms in total. The fourth-order valence-electron chi connectivity index (χ4n) is 7.48. The molecule has 2 bridgehead atoms. The van der Waals surface area contributed by atoms with Gasteiger partial charge in [0, 0.05) is 33.4 Å². The highest BCUT2D eigenvalue weighted by molar-refractivity contribution is 7.89. The van der Waals surface area contributed by atoms with Gasteiger partial charge in [-0.15, -0.1) is 11.3 Å². The monoisotopic (exact) mass is 679 g/mol. The highest BCUT2D eigenvalue weighted by atomic mass is 32.2. The number of fused-ring (bicyclic) bond motifs is 3. The third-order valence-corrected chi connectivity index (χ3v) is 12.4. The van der Waals surface area contributed by atoms with Crippen molar-refractivity contribution >= 4 is 38.0 Å². The topological polar surface area (TPSA) is 102 Å². The molecule has 11 heteroatoms. The first-order valence-corrected chi connectivity index (χ1v) is 18.6. The minimum Gasteiger partial charge on any atom is -0.490 e.